The molecule has 0 aliphatic heterocycles. The number of imidazole rings is 1. The molecule has 0 radical (unpaired) electrons. The number of rotatable bonds is 5. The van der Waals surface area contributed by atoms with E-state index < -0.39 is 0 Å². The first-order valence-corrected chi connectivity index (χ1v) is 7.42. The van der Waals surface area contributed by atoms with Crippen molar-refractivity contribution in [3.8, 4) is 0 Å². The fourth-order valence-corrected chi connectivity index (χ4v) is 2.67. The van der Waals surface area contributed by atoms with Gasteiger partial charge in [-0.25, -0.2) is 4.98 Å². The summed E-state index contributed by atoms with van der Waals surface area (Å²) in [5.41, 5.74) is 8.75. The summed E-state index contributed by atoms with van der Waals surface area (Å²) >= 11 is 3.51. The Hall–Kier alpha value is -1.13. The summed E-state index contributed by atoms with van der Waals surface area (Å²) in [6.45, 7) is 5.27. The van der Waals surface area contributed by atoms with Crippen LogP contribution in [0.15, 0.2) is 35.1 Å². The molecule has 0 spiro atoms. The molecule has 0 fully saturated rings. The zero-order chi connectivity index (χ0) is 13.8. The zero-order valence-corrected chi connectivity index (χ0v) is 13.0. The molecule has 0 saturated carbocycles. The highest BCUT2D eigenvalue weighted by molar-refractivity contribution is 9.10. The standard InChI is InChI=1S/C15H20BrN3/c1-3-7-19-8-6-18-15(19)10-14(17)13-9-12(16)5-4-11(13)2/h4-6,8-9,14H,3,7,10,17H2,1-2H3. The first-order chi connectivity index (χ1) is 9.11. The predicted molar refractivity (Wildman–Crippen MR) is 82.0 cm³/mol. The van der Waals surface area contributed by atoms with E-state index in [9.17, 15) is 0 Å². The maximum atomic E-state index is 6.35. The Morgan fingerprint density at radius 3 is 2.95 bits per heavy atom. The molecule has 1 atom stereocenters. The van der Waals surface area contributed by atoms with E-state index in [-0.39, 0.29) is 6.04 Å². The van der Waals surface area contributed by atoms with Gasteiger partial charge in [-0.05, 0) is 36.6 Å². The van der Waals surface area contributed by atoms with Crippen LogP contribution in [0.1, 0.15) is 36.3 Å². The van der Waals surface area contributed by atoms with Crippen LogP contribution >= 0.6 is 15.9 Å². The minimum atomic E-state index is -0.0180. The Morgan fingerprint density at radius 2 is 2.21 bits per heavy atom. The smallest absolute Gasteiger partial charge is 0.110 e. The van der Waals surface area contributed by atoms with E-state index in [1.807, 2.05) is 18.5 Å². The first kappa shape index (κ1) is 14.3. The fraction of sp³-hybridized carbons (Fsp3) is 0.400. The predicted octanol–water partition coefficient (Wildman–Crippen LogP) is 3.61. The van der Waals surface area contributed by atoms with Crippen molar-refractivity contribution in [3.05, 3.63) is 52.0 Å². The second kappa shape index (κ2) is 6.35. The van der Waals surface area contributed by atoms with Gasteiger partial charge in [-0.1, -0.05) is 28.9 Å². The quantitative estimate of drug-likeness (QED) is 0.914. The molecular formula is C15H20BrN3. The SMILES string of the molecule is CCCn1ccnc1CC(N)c1cc(Br)ccc1C. The summed E-state index contributed by atoms with van der Waals surface area (Å²) in [4.78, 5) is 4.42. The highest BCUT2D eigenvalue weighted by atomic mass is 79.9. The van der Waals surface area contributed by atoms with E-state index in [2.05, 4.69) is 51.5 Å². The van der Waals surface area contributed by atoms with Crippen molar-refractivity contribution < 1.29 is 0 Å². The number of aromatic nitrogens is 2. The van der Waals surface area contributed by atoms with Gasteiger partial charge in [0.15, 0.2) is 0 Å². The molecule has 0 aliphatic rings. The lowest BCUT2D eigenvalue weighted by atomic mass is 9.99. The van der Waals surface area contributed by atoms with Crippen molar-refractivity contribution in [2.75, 3.05) is 0 Å². The summed E-state index contributed by atoms with van der Waals surface area (Å²) in [5, 5.41) is 0. The molecule has 1 aromatic carbocycles. The van der Waals surface area contributed by atoms with Gasteiger partial charge in [-0.2, -0.15) is 0 Å². The maximum Gasteiger partial charge on any atom is 0.110 e. The molecule has 1 heterocycles. The van der Waals surface area contributed by atoms with Gasteiger partial charge in [0.1, 0.15) is 5.82 Å². The van der Waals surface area contributed by atoms with Gasteiger partial charge < -0.3 is 10.3 Å². The summed E-state index contributed by atoms with van der Waals surface area (Å²) in [6.07, 6.45) is 5.75. The number of hydrogen-bond donors (Lipinski definition) is 1. The number of halogens is 1. The minimum absolute atomic E-state index is 0.0180. The minimum Gasteiger partial charge on any atom is -0.335 e. The molecule has 2 N–H and O–H groups in total. The van der Waals surface area contributed by atoms with E-state index in [0.29, 0.717) is 0 Å². The Kier molecular flexibility index (Phi) is 4.77. The normalized spacial score (nSPS) is 12.6. The van der Waals surface area contributed by atoms with Crippen LogP contribution in [0, 0.1) is 6.92 Å². The molecule has 19 heavy (non-hydrogen) atoms. The Bertz CT molecular complexity index is 548. The number of nitrogens with two attached hydrogens (primary N) is 1. The van der Waals surface area contributed by atoms with Crippen LogP contribution in [0.25, 0.3) is 0 Å². The lowest BCUT2D eigenvalue weighted by Crippen LogP contribution is -2.17. The van der Waals surface area contributed by atoms with Crippen molar-refractivity contribution in [1.29, 1.82) is 0 Å². The van der Waals surface area contributed by atoms with Crippen molar-refractivity contribution in [2.24, 2.45) is 5.73 Å². The third-order valence-corrected chi connectivity index (χ3v) is 3.80. The molecule has 4 heteroatoms. The second-order valence-corrected chi connectivity index (χ2v) is 5.76. The molecule has 1 unspecified atom stereocenters. The molecule has 0 bridgehead atoms. The molecular weight excluding hydrogens is 302 g/mol. The molecule has 0 aliphatic carbocycles. The van der Waals surface area contributed by atoms with E-state index in [1.54, 1.807) is 0 Å². The average molecular weight is 322 g/mol. The molecule has 2 rings (SSSR count). The van der Waals surface area contributed by atoms with Crippen LogP contribution in [0.2, 0.25) is 0 Å². The van der Waals surface area contributed by atoms with E-state index in [4.69, 9.17) is 5.73 Å². The number of nitrogens with zero attached hydrogens (tertiary/aromatic N) is 2. The van der Waals surface area contributed by atoms with E-state index in [0.717, 1.165) is 29.7 Å². The monoisotopic (exact) mass is 321 g/mol. The van der Waals surface area contributed by atoms with Gasteiger partial charge in [0, 0.05) is 35.9 Å². The second-order valence-electron chi connectivity index (χ2n) is 4.85. The number of aryl methyl sites for hydroxylation is 2. The molecule has 3 nitrogen and oxygen atoms in total. The highest BCUT2D eigenvalue weighted by Gasteiger charge is 2.13. The summed E-state index contributed by atoms with van der Waals surface area (Å²) < 4.78 is 3.26. The lowest BCUT2D eigenvalue weighted by molar-refractivity contribution is 0.597. The lowest BCUT2D eigenvalue weighted by Gasteiger charge is -2.16. The van der Waals surface area contributed by atoms with Gasteiger partial charge in [-0.15, -0.1) is 0 Å². The summed E-state index contributed by atoms with van der Waals surface area (Å²) in [7, 11) is 0. The molecule has 1 aromatic heterocycles. The Labute approximate surface area is 123 Å². The third kappa shape index (κ3) is 3.45. The number of benzene rings is 1. The average Bonchev–Trinajstić information content (AvgIpc) is 2.80. The van der Waals surface area contributed by atoms with Crippen molar-refractivity contribution >= 4 is 15.9 Å². The zero-order valence-electron chi connectivity index (χ0n) is 11.4. The molecule has 0 amide bonds. The van der Waals surface area contributed by atoms with Crippen LogP contribution in [-0.2, 0) is 13.0 Å². The third-order valence-electron chi connectivity index (χ3n) is 3.31. The van der Waals surface area contributed by atoms with Gasteiger partial charge in [0.25, 0.3) is 0 Å². The van der Waals surface area contributed by atoms with Gasteiger partial charge in [0.05, 0.1) is 0 Å². The van der Waals surface area contributed by atoms with Crippen LogP contribution in [0.3, 0.4) is 0 Å². The molecule has 102 valence electrons. The van der Waals surface area contributed by atoms with Crippen LogP contribution in [0.4, 0.5) is 0 Å². The maximum absolute atomic E-state index is 6.35. The Balaban J connectivity index is 2.18. The van der Waals surface area contributed by atoms with Crippen LogP contribution in [-0.4, -0.2) is 9.55 Å². The molecule has 0 saturated heterocycles. The number of hydrogen-bond acceptors (Lipinski definition) is 2. The van der Waals surface area contributed by atoms with Crippen molar-refractivity contribution in [3.63, 3.8) is 0 Å². The largest absolute Gasteiger partial charge is 0.335 e. The van der Waals surface area contributed by atoms with Crippen LogP contribution < -0.4 is 5.73 Å². The molecule has 2 aromatic rings. The van der Waals surface area contributed by atoms with Gasteiger partial charge in [-0.3, -0.25) is 0 Å². The topological polar surface area (TPSA) is 43.8 Å². The first-order valence-electron chi connectivity index (χ1n) is 6.63. The fourth-order valence-electron chi connectivity index (χ4n) is 2.29. The van der Waals surface area contributed by atoms with Gasteiger partial charge in [0.2, 0.25) is 0 Å². The van der Waals surface area contributed by atoms with E-state index in [1.165, 1.54) is 11.1 Å². The van der Waals surface area contributed by atoms with Gasteiger partial charge >= 0.3 is 0 Å². The van der Waals surface area contributed by atoms with E-state index >= 15 is 0 Å². The van der Waals surface area contributed by atoms with Crippen molar-refractivity contribution in [1.82, 2.24) is 9.55 Å². The van der Waals surface area contributed by atoms with Crippen molar-refractivity contribution in [2.45, 2.75) is 39.3 Å². The highest BCUT2D eigenvalue weighted by Crippen LogP contribution is 2.23. The summed E-state index contributed by atoms with van der Waals surface area (Å²) in [6, 6.07) is 6.23. The van der Waals surface area contributed by atoms with Crippen LogP contribution in [0.5, 0.6) is 0 Å². The summed E-state index contributed by atoms with van der Waals surface area (Å²) in [5.74, 6) is 1.06. The Morgan fingerprint density at radius 1 is 1.42 bits per heavy atom.